The van der Waals surface area contributed by atoms with Crippen molar-refractivity contribution in [2.45, 2.75) is 12.2 Å². The zero-order valence-corrected chi connectivity index (χ0v) is 8.83. The summed E-state index contributed by atoms with van der Waals surface area (Å²) >= 11 is 0. The molecule has 8 nitrogen and oxygen atoms in total. The molecule has 1 aliphatic heterocycles. The van der Waals surface area contributed by atoms with Crippen LogP contribution in [-0.2, 0) is 4.74 Å². The number of rotatable bonds is 2. The van der Waals surface area contributed by atoms with Gasteiger partial charge in [-0.2, -0.15) is 4.39 Å². The molecule has 0 amide bonds. The van der Waals surface area contributed by atoms with E-state index < -0.39 is 47.5 Å². The molecule has 0 saturated heterocycles. The van der Waals surface area contributed by atoms with Gasteiger partial charge in [0.15, 0.2) is 18.0 Å². The van der Waals surface area contributed by atoms with Crippen LogP contribution in [0.4, 0.5) is 4.39 Å². The highest BCUT2D eigenvalue weighted by molar-refractivity contribution is 5.45. The van der Waals surface area contributed by atoms with Gasteiger partial charge in [-0.1, -0.05) is 0 Å². The van der Waals surface area contributed by atoms with Gasteiger partial charge in [0.2, 0.25) is 11.7 Å². The van der Waals surface area contributed by atoms with E-state index >= 15 is 0 Å². The third-order valence-corrected chi connectivity index (χ3v) is 2.41. The van der Waals surface area contributed by atoms with Gasteiger partial charge in [0.05, 0.1) is 12.8 Å². The molecule has 0 radical (unpaired) electrons. The Kier molecular flexibility index (Phi) is 2.93. The monoisotopic (exact) mass is 260 g/mol. The van der Waals surface area contributed by atoms with Crippen LogP contribution in [0.25, 0.3) is 5.88 Å². The van der Waals surface area contributed by atoms with Crippen LogP contribution in [0.2, 0.25) is 0 Å². The predicted molar refractivity (Wildman–Crippen MR) is 55.1 cm³/mol. The molecule has 98 valence electrons. The second-order valence-electron chi connectivity index (χ2n) is 3.58. The van der Waals surface area contributed by atoms with Gasteiger partial charge >= 0.3 is 5.69 Å². The number of aromatic nitrogens is 2. The van der Waals surface area contributed by atoms with Crippen molar-refractivity contribution in [1.82, 2.24) is 9.55 Å². The van der Waals surface area contributed by atoms with Gasteiger partial charge in [-0.3, -0.25) is 9.78 Å². The number of hydrogen-bond acceptors (Lipinski definition) is 6. The zero-order chi connectivity index (χ0) is 13.4. The fourth-order valence-corrected chi connectivity index (χ4v) is 1.49. The number of nitrogens with zero attached hydrogens (tertiary/aromatic N) is 1. The number of aromatic amines is 1. The third-order valence-electron chi connectivity index (χ3n) is 2.41. The molecule has 4 N–H and O–H groups in total. The second-order valence-corrected chi connectivity index (χ2v) is 3.58. The number of H-pyrrole nitrogens is 1. The molecule has 18 heavy (non-hydrogen) atoms. The smallest absolute Gasteiger partial charge is 0.335 e. The summed E-state index contributed by atoms with van der Waals surface area (Å²) in [5, 5.41) is 27.8. The normalized spacial score (nSPS) is 23.3. The average molecular weight is 260 g/mol. The SMILES string of the molecule is O=c1[nH]c(=O)n(C2=C(O)[C@H](O)[C@@H](CO)O2)cc1F. The Morgan fingerprint density at radius 2 is 2.17 bits per heavy atom. The number of aliphatic hydroxyl groups is 3. The molecule has 1 aliphatic rings. The van der Waals surface area contributed by atoms with Crippen molar-refractivity contribution >= 4 is 5.88 Å². The van der Waals surface area contributed by atoms with Crippen molar-refractivity contribution in [2.75, 3.05) is 6.61 Å². The molecule has 9 heteroatoms. The van der Waals surface area contributed by atoms with Crippen LogP contribution in [0.1, 0.15) is 0 Å². The number of hydrogen-bond donors (Lipinski definition) is 4. The van der Waals surface area contributed by atoms with Gasteiger partial charge in [-0.25, -0.2) is 9.36 Å². The highest BCUT2D eigenvalue weighted by Gasteiger charge is 2.36. The van der Waals surface area contributed by atoms with Crippen LogP contribution in [-0.4, -0.2) is 43.7 Å². The Morgan fingerprint density at radius 3 is 2.72 bits per heavy atom. The van der Waals surface area contributed by atoms with Crippen LogP contribution in [0.5, 0.6) is 0 Å². The number of halogens is 1. The van der Waals surface area contributed by atoms with Crippen LogP contribution >= 0.6 is 0 Å². The van der Waals surface area contributed by atoms with E-state index in [4.69, 9.17) is 9.84 Å². The summed E-state index contributed by atoms with van der Waals surface area (Å²) in [5.74, 6) is -2.54. The van der Waals surface area contributed by atoms with Gasteiger partial charge < -0.3 is 20.1 Å². The van der Waals surface area contributed by atoms with E-state index in [0.717, 1.165) is 0 Å². The molecule has 0 fully saturated rings. The first-order valence-corrected chi connectivity index (χ1v) is 4.86. The lowest BCUT2D eigenvalue weighted by atomic mass is 10.2. The first-order valence-electron chi connectivity index (χ1n) is 4.86. The van der Waals surface area contributed by atoms with E-state index in [9.17, 15) is 24.2 Å². The number of aliphatic hydroxyl groups excluding tert-OH is 3. The van der Waals surface area contributed by atoms with Crippen LogP contribution < -0.4 is 11.2 Å². The predicted octanol–water partition coefficient (Wildman–Crippen LogP) is -1.89. The van der Waals surface area contributed by atoms with E-state index in [2.05, 4.69) is 0 Å². The molecule has 0 aromatic carbocycles. The maximum atomic E-state index is 13.0. The van der Waals surface area contributed by atoms with E-state index in [1.165, 1.54) is 0 Å². The minimum atomic E-state index is -1.54. The molecule has 2 rings (SSSR count). The van der Waals surface area contributed by atoms with E-state index in [0.29, 0.717) is 10.8 Å². The van der Waals surface area contributed by atoms with Crippen molar-refractivity contribution in [3.63, 3.8) is 0 Å². The quantitative estimate of drug-likeness (QED) is 0.493. The highest BCUT2D eigenvalue weighted by atomic mass is 19.1. The maximum absolute atomic E-state index is 13.0. The van der Waals surface area contributed by atoms with Crippen LogP contribution in [0.15, 0.2) is 21.5 Å². The van der Waals surface area contributed by atoms with Gasteiger partial charge in [-0.05, 0) is 0 Å². The summed E-state index contributed by atoms with van der Waals surface area (Å²) in [4.78, 5) is 23.9. The van der Waals surface area contributed by atoms with Crippen LogP contribution in [0.3, 0.4) is 0 Å². The molecule has 1 aromatic rings. The van der Waals surface area contributed by atoms with E-state index in [1.54, 1.807) is 4.98 Å². The van der Waals surface area contributed by atoms with Crippen molar-refractivity contribution < 1.29 is 24.4 Å². The third kappa shape index (κ3) is 1.79. The molecule has 0 bridgehead atoms. The van der Waals surface area contributed by atoms with Gasteiger partial charge in [0, 0.05) is 0 Å². The molecule has 0 aliphatic carbocycles. The first-order chi connectivity index (χ1) is 8.45. The van der Waals surface area contributed by atoms with Crippen molar-refractivity contribution in [2.24, 2.45) is 0 Å². The Bertz CT molecular complexity index is 618. The van der Waals surface area contributed by atoms with Gasteiger partial charge in [-0.15, -0.1) is 0 Å². The zero-order valence-electron chi connectivity index (χ0n) is 8.83. The first kappa shape index (κ1) is 12.3. The Labute approximate surface area is 98.2 Å². The molecule has 2 atom stereocenters. The highest BCUT2D eigenvalue weighted by Crippen LogP contribution is 2.25. The van der Waals surface area contributed by atoms with Gasteiger partial charge in [0.25, 0.3) is 5.56 Å². The Morgan fingerprint density at radius 1 is 1.50 bits per heavy atom. The summed E-state index contributed by atoms with van der Waals surface area (Å²) in [6.45, 7) is -0.616. The van der Waals surface area contributed by atoms with E-state index in [1.807, 2.05) is 0 Å². The largest absolute Gasteiger partial charge is 0.505 e. The van der Waals surface area contributed by atoms with Crippen molar-refractivity contribution in [1.29, 1.82) is 0 Å². The molecular formula is C9H9FN2O6. The number of ether oxygens (including phenoxy) is 1. The number of nitrogens with one attached hydrogen (secondary N) is 1. The summed E-state index contributed by atoms with van der Waals surface area (Å²) in [6, 6.07) is 0. The van der Waals surface area contributed by atoms with Crippen molar-refractivity contribution in [3.05, 3.63) is 38.6 Å². The van der Waals surface area contributed by atoms with Crippen LogP contribution in [0, 0.1) is 5.82 Å². The standard InChI is InChI=1S/C9H9FN2O6/c10-3-1-12(9(17)11-7(3)16)8-6(15)5(14)4(2-13)18-8/h1,4-5,13-15H,2H2,(H,11,16,17)/t4-,5-/m1/s1. The molecule has 0 unspecified atom stereocenters. The van der Waals surface area contributed by atoms with Crippen molar-refractivity contribution in [3.8, 4) is 0 Å². The fourth-order valence-electron chi connectivity index (χ4n) is 1.49. The van der Waals surface area contributed by atoms with E-state index in [-0.39, 0.29) is 0 Å². The Hall–Kier alpha value is -2.13. The molecule has 1 aromatic heterocycles. The molecule has 2 heterocycles. The lowest BCUT2D eigenvalue weighted by Gasteiger charge is -2.12. The lowest BCUT2D eigenvalue weighted by Crippen LogP contribution is -2.31. The summed E-state index contributed by atoms with van der Waals surface area (Å²) < 4.78 is 18.4. The summed E-state index contributed by atoms with van der Waals surface area (Å²) in [5.41, 5.74) is -2.26. The second kappa shape index (κ2) is 4.27. The summed E-state index contributed by atoms with van der Waals surface area (Å²) in [6.07, 6.45) is -2.19. The minimum Gasteiger partial charge on any atom is -0.505 e. The topological polar surface area (TPSA) is 125 Å². The van der Waals surface area contributed by atoms with Gasteiger partial charge in [0.1, 0.15) is 0 Å². The summed E-state index contributed by atoms with van der Waals surface area (Å²) in [7, 11) is 0. The minimum absolute atomic E-state index is 0.491. The molecular weight excluding hydrogens is 251 g/mol. The fraction of sp³-hybridized carbons (Fsp3) is 0.333. The Balaban J connectivity index is 2.54. The molecule has 0 spiro atoms. The average Bonchev–Trinajstić information content (AvgIpc) is 2.61. The molecule has 0 saturated carbocycles. The lowest BCUT2D eigenvalue weighted by molar-refractivity contribution is 0.0137. The maximum Gasteiger partial charge on any atom is 0.335 e.